The molecule has 0 aromatic carbocycles. The van der Waals surface area contributed by atoms with Crippen LogP contribution in [0.15, 0.2) is 0 Å². The number of hydrogen-bond acceptors (Lipinski definition) is 5. The Morgan fingerprint density at radius 1 is 1.15 bits per heavy atom. The van der Waals surface area contributed by atoms with Gasteiger partial charge in [0.2, 0.25) is 0 Å². The topological polar surface area (TPSA) is 62.3 Å². The SMILES string of the molecule is CCOC(=O)N1CCC(N2CCC3(CC2)OC(=O)N(CC)C3(C)C)CC1. The summed E-state index contributed by atoms with van der Waals surface area (Å²) in [6.07, 6.45) is 3.35. The minimum atomic E-state index is -0.373. The van der Waals surface area contributed by atoms with Crippen LogP contribution < -0.4 is 0 Å². The van der Waals surface area contributed by atoms with E-state index in [1.54, 1.807) is 0 Å². The molecule has 0 bridgehead atoms. The van der Waals surface area contributed by atoms with Crippen molar-refractivity contribution in [3.8, 4) is 0 Å². The number of carbonyl (C=O) groups is 2. The lowest BCUT2D eigenvalue weighted by atomic mass is 9.75. The molecule has 1 spiro atoms. The van der Waals surface area contributed by atoms with E-state index in [2.05, 4.69) is 18.7 Å². The van der Waals surface area contributed by atoms with Crippen LogP contribution in [0.3, 0.4) is 0 Å². The molecule has 3 aliphatic rings. The monoisotopic (exact) mass is 367 g/mol. The van der Waals surface area contributed by atoms with Crippen molar-refractivity contribution in [2.75, 3.05) is 39.3 Å². The zero-order valence-corrected chi connectivity index (χ0v) is 16.6. The summed E-state index contributed by atoms with van der Waals surface area (Å²) >= 11 is 0. The van der Waals surface area contributed by atoms with Gasteiger partial charge in [0.25, 0.3) is 0 Å². The second-order valence-electron chi connectivity index (χ2n) is 8.12. The third-order valence-electron chi connectivity index (χ3n) is 6.72. The van der Waals surface area contributed by atoms with E-state index >= 15 is 0 Å². The largest absolute Gasteiger partial charge is 0.450 e. The third kappa shape index (κ3) is 3.15. The van der Waals surface area contributed by atoms with Gasteiger partial charge in [0.05, 0.1) is 12.1 Å². The lowest BCUT2D eigenvalue weighted by molar-refractivity contribution is -0.0610. The summed E-state index contributed by atoms with van der Waals surface area (Å²) in [6.45, 7) is 12.6. The fourth-order valence-electron chi connectivity index (χ4n) is 4.94. The Morgan fingerprint density at radius 3 is 2.27 bits per heavy atom. The molecule has 0 aromatic rings. The third-order valence-corrected chi connectivity index (χ3v) is 6.72. The number of likely N-dealkylation sites (N-methyl/N-ethyl adjacent to an activating group) is 1. The average Bonchev–Trinajstić information content (AvgIpc) is 2.80. The van der Waals surface area contributed by atoms with Crippen LogP contribution in [0, 0.1) is 0 Å². The van der Waals surface area contributed by atoms with E-state index in [1.165, 1.54) is 0 Å². The van der Waals surface area contributed by atoms with Crippen molar-refractivity contribution in [2.45, 2.75) is 70.6 Å². The molecular formula is C19H33N3O4. The molecule has 0 saturated carbocycles. The highest BCUT2D eigenvalue weighted by atomic mass is 16.6. The van der Waals surface area contributed by atoms with Crippen molar-refractivity contribution < 1.29 is 19.1 Å². The van der Waals surface area contributed by atoms with Gasteiger partial charge in [-0.05, 0) is 40.5 Å². The second-order valence-corrected chi connectivity index (χ2v) is 8.12. The molecule has 0 aromatic heterocycles. The van der Waals surface area contributed by atoms with Crippen LogP contribution in [0.25, 0.3) is 0 Å². The number of piperidine rings is 2. The quantitative estimate of drug-likeness (QED) is 0.767. The summed E-state index contributed by atoms with van der Waals surface area (Å²) in [5.41, 5.74) is -0.638. The molecule has 3 rings (SSSR count). The molecule has 2 amide bonds. The highest BCUT2D eigenvalue weighted by Crippen LogP contribution is 2.46. The highest BCUT2D eigenvalue weighted by Gasteiger charge is 2.60. The summed E-state index contributed by atoms with van der Waals surface area (Å²) in [5.74, 6) is 0. The minimum Gasteiger partial charge on any atom is -0.450 e. The van der Waals surface area contributed by atoms with E-state index in [0.717, 1.165) is 51.9 Å². The maximum atomic E-state index is 12.3. The van der Waals surface area contributed by atoms with E-state index in [-0.39, 0.29) is 23.3 Å². The Bertz CT molecular complexity index is 535. The zero-order chi connectivity index (χ0) is 18.9. The van der Waals surface area contributed by atoms with Gasteiger partial charge in [-0.1, -0.05) is 0 Å². The summed E-state index contributed by atoms with van der Waals surface area (Å²) < 4.78 is 11.0. The van der Waals surface area contributed by atoms with Gasteiger partial charge < -0.3 is 14.4 Å². The Hall–Kier alpha value is -1.50. The van der Waals surface area contributed by atoms with Crippen LogP contribution in [0.1, 0.15) is 53.4 Å². The number of amides is 2. The maximum Gasteiger partial charge on any atom is 0.410 e. The van der Waals surface area contributed by atoms with Crippen molar-refractivity contribution >= 4 is 12.2 Å². The Kier molecular flexibility index (Phi) is 5.37. The normalized spacial score (nSPS) is 26.2. The molecule has 0 aliphatic carbocycles. The van der Waals surface area contributed by atoms with Gasteiger partial charge in [0, 0.05) is 51.6 Å². The first-order valence-electron chi connectivity index (χ1n) is 10.0. The summed E-state index contributed by atoms with van der Waals surface area (Å²) in [4.78, 5) is 30.3. The molecule has 0 unspecified atom stereocenters. The number of nitrogens with zero attached hydrogens (tertiary/aromatic N) is 3. The summed E-state index contributed by atoms with van der Waals surface area (Å²) in [6, 6.07) is 0.500. The molecule has 3 saturated heterocycles. The molecule has 7 nitrogen and oxygen atoms in total. The fourth-order valence-corrected chi connectivity index (χ4v) is 4.94. The van der Waals surface area contributed by atoms with Crippen molar-refractivity contribution in [3.63, 3.8) is 0 Å². The Labute approximate surface area is 156 Å². The van der Waals surface area contributed by atoms with Gasteiger partial charge in [-0.15, -0.1) is 0 Å². The molecule has 3 aliphatic heterocycles. The lowest BCUT2D eigenvalue weighted by Gasteiger charge is -2.48. The van der Waals surface area contributed by atoms with Crippen LogP contribution in [-0.4, -0.2) is 83.4 Å². The molecule has 3 fully saturated rings. The van der Waals surface area contributed by atoms with Gasteiger partial charge in [-0.25, -0.2) is 9.59 Å². The first-order valence-corrected chi connectivity index (χ1v) is 10.0. The van der Waals surface area contributed by atoms with Crippen LogP contribution in [0.4, 0.5) is 9.59 Å². The predicted molar refractivity (Wildman–Crippen MR) is 98.1 cm³/mol. The van der Waals surface area contributed by atoms with Crippen LogP contribution in [-0.2, 0) is 9.47 Å². The summed E-state index contributed by atoms with van der Waals surface area (Å²) in [5, 5.41) is 0. The first kappa shape index (κ1) is 19.3. The van der Waals surface area contributed by atoms with E-state index in [4.69, 9.17) is 9.47 Å². The van der Waals surface area contributed by atoms with Crippen molar-refractivity contribution in [1.29, 1.82) is 0 Å². The number of likely N-dealkylation sites (tertiary alicyclic amines) is 2. The van der Waals surface area contributed by atoms with E-state index in [0.29, 0.717) is 19.2 Å². The molecule has 26 heavy (non-hydrogen) atoms. The average molecular weight is 367 g/mol. The lowest BCUT2D eigenvalue weighted by Crippen LogP contribution is -2.60. The highest BCUT2D eigenvalue weighted by molar-refractivity contribution is 5.72. The molecule has 7 heteroatoms. The Balaban J connectivity index is 1.55. The number of ether oxygens (including phenoxy) is 2. The number of carbonyl (C=O) groups excluding carboxylic acids is 2. The van der Waals surface area contributed by atoms with Crippen molar-refractivity contribution in [3.05, 3.63) is 0 Å². The molecule has 148 valence electrons. The van der Waals surface area contributed by atoms with Crippen molar-refractivity contribution in [1.82, 2.24) is 14.7 Å². The minimum absolute atomic E-state index is 0.173. The van der Waals surface area contributed by atoms with Crippen LogP contribution in [0.5, 0.6) is 0 Å². The first-order chi connectivity index (χ1) is 12.3. The molecule has 0 N–H and O–H groups in total. The number of rotatable bonds is 3. The van der Waals surface area contributed by atoms with Crippen molar-refractivity contribution in [2.24, 2.45) is 0 Å². The molecular weight excluding hydrogens is 334 g/mol. The zero-order valence-electron chi connectivity index (χ0n) is 16.6. The number of hydrogen-bond donors (Lipinski definition) is 0. The second kappa shape index (κ2) is 7.25. The smallest absolute Gasteiger partial charge is 0.410 e. The van der Waals surface area contributed by atoms with Gasteiger partial charge in [-0.2, -0.15) is 0 Å². The molecule has 0 radical (unpaired) electrons. The molecule has 0 atom stereocenters. The predicted octanol–water partition coefficient (Wildman–Crippen LogP) is 2.69. The standard InChI is InChI=1S/C19H33N3O4/c1-5-22-17(24)26-19(18(22,3)4)9-13-20(14-10-19)15-7-11-21(12-8-15)16(23)25-6-2/h15H,5-14H2,1-4H3. The van der Waals surface area contributed by atoms with E-state index < -0.39 is 0 Å². The fraction of sp³-hybridized carbons (Fsp3) is 0.895. The van der Waals surface area contributed by atoms with Crippen LogP contribution >= 0.6 is 0 Å². The van der Waals surface area contributed by atoms with Gasteiger partial charge in [0.15, 0.2) is 0 Å². The van der Waals surface area contributed by atoms with Gasteiger partial charge >= 0.3 is 12.2 Å². The van der Waals surface area contributed by atoms with Gasteiger partial charge in [0.1, 0.15) is 5.60 Å². The van der Waals surface area contributed by atoms with E-state index in [9.17, 15) is 9.59 Å². The maximum absolute atomic E-state index is 12.3. The van der Waals surface area contributed by atoms with Crippen LogP contribution in [0.2, 0.25) is 0 Å². The summed E-state index contributed by atoms with van der Waals surface area (Å²) in [7, 11) is 0. The molecule has 3 heterocycles. The van der Waals surface area contributed by atoms with E-state index in [1.807, 2.05) is 23.6 Å². The van der Waals surface area contributed by atoms with Gasteiger partial charge in [-0.3, -0.25) is 9.80 Å². The Morgan fingerprint density at radius 2 is 1.77 bits per heavy atom.